The van der Waals surface area contributed by atoms with Crippen molar-refractivity contribution >= 4 is 11.9 Å². The molecule has 2 aliphatic rings. The Balaban J connectivity index is 1.41. The van der Waals surface area contributed by atoms with Gasteiger partial charge in [-0.15, -0.1) is 0 Å². The van der Waals surface area contributed by atoms with Crippen molar-refractivity contribution in [1.29, 1.82) is 0 Å². The average Bonchev–Trinajstić information content (AvgIpc) is 2.65. The topological polar surface area (TPSA) is 61.9 Å². The number of hydrogen-bond donors (Lipinski definition) is 1. The lowest BCUT2D eigenvalue weighted by Gasteiger charge is -2.29. The Bertz CT molecular complexity index is 593. The van der Waals surface area contributed by atoms with Crippen LogP contribution in [-0.4, -0.2) is 47.8 Å². The lowest BCUT2D eigenvalue weighted by Crippen LogP contribution is -2.41. The molecule has 3 rings (SSSR count). The molecule has 0 bridgehead atoms. The molecule has 130 valence electrons. The SMILES string of the molecule is NC(=NCCCC(=O)N1CCc2ccccc2C1)N1CCCCC1. The van der Waals surface area contributed by atoms with E-state index in [1.165, 1.54) is 30.4 Å². The van der Waals surface area contributed by atoms with Crippen LogP contribution in [0.1, 0.15) is 43.2 Å². The van der Waals surface area contributed by atoms with Crippen LogP contribution >= 0.6 is 0 Å². The number of nitrogens with zero attached hydrogens (tertiary/aromatic N) is 3. The Morgan fingerprint density at radius 2 is 1.79 bits per heavy atom. The van der Waals surface area contributed by atoms with Crippen molar-refractivity contribution in [2.75, 3.05) is 26.2 Å². The molecule has 1 aromatic rings. The minimum Gasteiger partial charge on any atom is -0.370 e. The van der Waals surface area contributed by atoms with E-state index in [0.29, 0.717) is 18.9 Å². The fourth-order valence-corrected chi connectivity index (χ4v) is 3.51. The Labute approximate surface area is 144 Å². The Hall–Kier alpha value is -2.04. The minimum atomic E-state index is 0.233. The highest BCUT2D eigenvalue weighted by Gasteiger charge is 2.19. The van der Waals surface area contributed by atoms with Gasteiger partial charge < -0.3 is 15.5 Å². The summed E-state index contributed by atoms with van der Waals surface area (Å²) >= 11 is 0. The lowest BCUT2D eigenvalue weighted by molar-refractivity contribution is -0.132. The maximum Gasteiger partial charge on any atom is 0.222 e. The first-order valence-corrected chi connectivity index (χ1v) is 9.13. The largest absolute Gasteiger partial charge is 0.370 e. The highest BCUT2D eigenvalue weighted by Crippen LogP contribution is 2.19. The molecule has 0 saturated carbocycles. The Kier molecular flexibility index (Phi) is 5.72. The zero-order valence-corrected chi connectivity index (χ0v) is 14.4. The molecule has 2 N–H and O–H groups in total. The Morgan fingerprint density at radius 3 is 2.58 bits per heavy atom. The number of nitrogens with two attached hydrogens (primary N) is 1. The van der Waals surface area contributed by atoms with Crippen LogP contribution in [0.2, 0.25) is 0 Å². The molecule has 24 heavy (non-hydrogen) atoms. The number of carbonyl (C=O) groups is 1. The van der Waals surface area contributed by atoms with Crippen molar-refractivity contribution in [3.05, 3.63) is 35.4 Å². The number of rotatable bonds is 4. The maximum absolute atomic E-state index is 12.4. The molecular formula is C19H28N4O. The van der Waals surface area contributed by atoms with Gasteiger partial charge in [-0.25, -0.2) is 0 Å². The van der Waals surface area contributed by atoms with Gasteiger partial charge in [-0.05, 0) is 43.2 Å². The van der Waals surface area contributed by atoms with Gasteiger partial charge in [0.1, 0.15) is 0 Å². The van der Waals surface area contributed by atoms with Gasteiger partial charge in [0.2, 0.25) is 5.91 Å². The highest BCUT2D eigenvalue weighted by molar-refractivity contribution is 5.78. The van der Waals surface area contributed by atoms with E-state index in [2.05, 4.69) is 28.1 Å². The van der Waals surface area contributed by atoms with Gasteiger partial charge in [0.05, 0.1) is 0 Å². The van der Waals surface area contributed by atoms with Gasteiger partial charge in [-0.1, -0.05) is 24.3 Å². The Morgan fingerprint density at radius 1 is 1.04 bits per heavy atom. The molecule has 2 aliphatic heterocycles. The predicted octanol–water partition coefficient (Wildman–Crippen LogP) is 2.15. The third-order valence-electron chi connectivity index (χ3n) is 4.99. The van der Waals surface area contributed by atoms with Crippen LogP contribution < -0.4 is 5.73 Å². The summed E-state index contributed by atoms with van der Waals surface area (Å²) in [6, 6.07) is 8.40. The van der Waals surface area contributed by atoms with E-state index in [1.54, 1.807) is 0 Å². The quantitative estimate of drug-likeness (QED) is 0.523. The molecule has 0 aromatic heterocycles. The average molecular weight is 328 g/mol. The molecule has 0 aliphatic carbocycles. The second-order valence-corrected chi connectivity index (χ2v) is 6.73. The maximum atomic E-state index is 12.4. The first-order valence-electron chi connectivity index (χ1n) is 9.13. The van der Waals surface area contributed by atoms with E-state index in [-0.39, 0.29) is 5.91 Å². The molecule has 2 heterocycles. The summed E-state index contributed by atoms with van der Waals surface area (Å²) in [4.78, 5) is 21.0. The summed E-state index contributed by atoms with van der Waals surface area (Å²) in [7, 11) is 0. The van der Waals surface area contributed by atoms with E-state index < -0.39 is 0 Å². The summed E-state index contributed by atoms with van der Waals surface area (Å²) in [5.74, 6) is 0.880. The van der Waals surface area contributed by atoms with Crippen molar-refractivity contribution < 1.29 is 4.79 Å². The van der Waals surface area contributed by atoms with Crippen molar-refractivity contribution in [2.24, 2.45) is 10.7 Å². The molecule has 5 nitrogen and oxygen atoms in total. The first-order chi connectivity index (χ1) is 11.7. The van der Waals surface area contributed by atoms with Crippen LogP contribution in [0.25, 0.3) is 0 Å². The molecule has 0 radical (unpaired) electrons. The normalized spacial score (nSPS) is 18.4. The number of piperidine rings is 1. The van der Waals surface area contributed by atoms with Gasteiger partial charge in [-0.3, -0.25) is 9.79 Å². The van der Waals surface area contributed by atoms with Crippen LogP contribution in [0.4, 0.5) is 0 Å². The van der Waals surface area contributed by atoms with Crippen molar-refractivity contribution in [3.8, 4) is 0 Å². The molecule has 1 aromatic carbocycles. The van der Waals surface area contributed by atoms with E-state index in [4.69, 9.17) is 5.73 Å². The number of amides is 1. The van der Waals surface area contributed by atoms with Crippen LogP contribution in [0.3, 0.4) is 0 Å². The standard InChI is InChI=1S/C19H28N4O/c20-19(22-12-4-1-5-13-22)21-11-6-9-18(24)23-14-10-16-7-2-3-8-17(16)15-23/h2-3,7-8H,1,4-6,9-15H2,(H2,20,21). The number of likely N-dealkylation sites (tertiary alicyclic amines) is 1. The van der Waals surface area contributed by atoms with Crippen LogP contribution in [0.5, 0.6) is 0 Å². The van der Waals surface area contributed by atoms with E-state index in [1.807, 2.05) is 11.0 Å². The number of benzene rings is 1. The van der Waals surface area contributed by atoms with Gasteiger partial charge in [-0.2, -0.15) is 0 Å². The number of hydrogen-bond acceptors (Lipinski definition) is 2. The van der Waals surface area contributed by atoms with E-state index in [9.17, 15) is 4.79 Å². The van der Waals surface area contributed by atoms with Gasteiger partial charge in [0.25, 0.3) is 0 Å². The van der Waals surface area contributed by atoms with Crippen LogP contribution in [-0.2, 0) is 17.8 Å². The lowest BCUT2D eigenvalue weighted by atomic mass is 9.99. The number of aliphatic imine (C=N–C) groups is 1. The van der Waals surface area contributed by atoms with Crippen LogP contribution in [0.15, 0.2) is 29.3 Å². The van der Waals surface area contributed by atoms with E-state index in [0.717, 1.165) is 39.0 Å². The smallest absolute Gasteiger partial charge is 0.222 e. The fraction of sp³-hybridized carbons (Fsp3) is 0.579. The van der Waals surface area contributed by atoms with E-state index >= 15 is 0 Å². The monoisotopic (exact) mass is 328 g/mol. The minimum absolute atomic E-state index is 0.233. The highest BCUT2D eigenvalue weighted by atomic mass is 16.2. The number of carbonyl (C=O) groups excluding carboxylic acids is 1. The second-order valence-electron chi connectivity index (χ2n) is 6.73. The molecule has 0 spiro atoms. The first kappa shape index (κ1) is 16.8. The molecule has 1 fully saturated rings. The van der Waals surface area contributed by atoms with Gasteiger partial charge in [0.15, 0.2) is 5.96 Å². The van der Waals surface area contributed by atoms with Crippen LogP contribution in [0, 0.1) is 0 Å². The predicted molar refractivity (Wildman–Crippen MR) is 96.7 cm³/mol. The van der Waals surface area contributed by atoms with Crippen molar-refractivity contribution in [3.63, 3.8) is 0 Å². The molecule has 1 saturated heterocycles. The fourth-order valence-electron chi connectivity index (χ4n) is 3.51. The summed E-state index contributed by atoms with van der Waals surface area (Å²) in [5, 5.41) is 0. The van der Waals surface area contributed by atoms with Gasteiger partial charge in [0, 0.05) is 39.1 Å². The van der Waals surface area contributed by atoms with Crippen molar-refractivity contribution in [1.82, 2.24) is 9.80 Å². The molecule has 1 amide bonds. The summed E-state index contributed by atoms with van der Waals surface area (Å²) in [6.07, 6.45) is 5.97. The molecule has 0 atom stereocenters. The van der Waals surface area contributed by atoms with Gasteiger partial charge >= 0.3 is 0 Å². The molecular weight excluding hydrogens is 300 g/mol. The summed E-state index contributed by atoms with van der Waals surface area (Å²) < 4.78 is 0. The second kappa shape index (κ2) is 8.18. The zero-order chi connectivity index (χ0) is 16.8. The zero-order valence-electron chi connectivity index (χ0n) is 14.4. The number of fused-ring (bicyclic) bond motifs is 1. The molecule has 0 unspecified atom stereocenters. The third-order valence-corrected chi connectivity index (χ3v) is 4.99. The molecule has 5 heteroatoms. The summed E-state index contributed by atoms with van der Waals surface area (Å²) in [5.41, 5.74) is 8.70. The summed E-state index contributed by atoms with van der Waals surface area (Å²) in [6.45, 7) is 4.24. The van der Waals surface area contributed by atoms with Crippen molar-refractivity contribution in [2.45, 2.75) is 45.1 Å². The number of guanidine groups is 1. The third kappa shape index (κ3) is 4.28.